The highest BCUT2D eigenvalue weighted by molar-refractivity contribution is 5.86. The molecule has 0 spiro atoms. The Morgan fingerprint density at radius 2 is 1.16 bits per heavy atom. The largest absolute Gasteiger partial charge is 0.353 e. The number of hydrogen-bond donors (Lipinski definition) is 1. The second-order valence-electron chi connectivity index (χ2n) is 7.14. The molecule has 0 aromatic carbocycles. The summed E-state index contributed by atoms with van der Waals surface area (Å²) in [4.78, 5) is 11.0. The molecule has 0 aromatic rings. The molecule has 0 atom stereocenters. The molecule has 1 amide bonds. The first-order valence-electron chi connectivity index (χ1n) is 10.9. The molecule has 0 rings (SSSR count). The van der Waals surface area contributed by atoms with Gasteiger partial charge in [0.1, 0.15) is 0 Å². The van der Waals surface area contributed by atoms with Crippen molar-refractivity contribution in [3.05, 3.63) is 24.8 Å². The average molecular weight is 350 g/mol. The van der Waals surface area contributed by atoms with Crippen molar-refractivity contribution in [2.45, 2.75) is 110 Å². The quantitative estimate of drug-likeness (QED) is 0.150. The summed E-state index contributed by atoms with van der Waals surface area (Å²) in [5.74, 6) is -0.0582. The van der Waals surface area contributed by atoms with E-state index in [2.05, 4.69) is 31.0 Å². The van der Waals surface area contributed by atoms with Gasteiger partial charge >= 0.3 is 0 Å². The summed E-state index contributed by atoms with van der Waals surface area (Å²) in [6, 6.07) is 0. The van der Waals surface area contributed by atoms with E-state index in [1.165, 1.54) is 102 Å². The Bertz CT molecular complexity index is 322. The van der Waals surface area contributed by atoms with Crippen molar-refractivity contribution < 1.29 is 4.79 Å². The second kappa shape index (κ2) is 21.0. The van der Waals surface area contributed by atoms with Gasteiger partial charge in [-0.3, -0.25) is 4.79 Å². The third-order valence-electron chi connectivity index (χ3n) is 4.67. The van der Waals surface area contributed by atoms with Gasteiger partial charge in [-0.2, -0.15) is 0 Å². The molecule has 25 heavy (non-hydrogen) atoms. The van der Waals surface area contributed by atoms with Crippen molar-refractivity contribution in [3.63, 3.8) is 0 Å². The minimum atomic E-state index is -0.0582. The van der Waals surface area contributed by atoms with E-state index in [1.807, 2.05) is 0 Å². The van der Waals surface area contributed by atoms with Crippen LogP contribution in [-0.2, 0) is 4.79 Å². The van der Waals surface area contributed by atoms with Crippen LogP contribution in [0.2, 0.25) is 0 Å². The number of unbranched alkanes of at least 4 members (excludes halogenated alkanes) is 14. The zero-order valence-electron chi connectivity index (χ0n) is 16.9. The molecule has 0 aromatic heterocycles. The highest BCUT2D eigenvalue weighted by Crippen LogP contribution is 2.11. The maximum Gasteiger partial charge on any atom is 0.243 e. The summed E-state index contributed by atoms with van der Waals surface area (Å²) in [6.07, 6.45) is 27.4. The lowest BCUT2D eigenvalue weighted by Gasteiger charge is -2.02. The van der Waals surface area contributed by atoms with Crippen LogP contribution < -0.4 is 5.32 Å². The topological polar surface area (TPSA) is 29.1 Å². The smallest absolute Gasteiger partial charge is 0.243 e. The van der Waals surface area contributed by atoms with Crippen LogP contribution in [0.25, 0.3) is 0 Å². The van der Waals surface area contributed by atoms with Gasteiger partial charge in [0, 0.05) is 6.54 Å². The van der Waals surface area contributed by atoms with E-state index in [0.717, 1.165) is 13.0 Å². The Kier molecular flexibility index (Phi) is 20.1. The lowest BCUT2D eigenvalue weighted by atomic mass is 10.1. The van der Waals surface area contributed by atoms with Crippen LogP contribution >= 0.6 is 0 Å². The van der Waals surface area contributed by atoms with E-state index < -0.39 is 0 Å². The van der Waals surface area contributed by atoms with Crippen LogP contribution in [0.1, 0.15) is 110 Å². The number of carbonyl (C=O) groups is 1. The first kappa shape index (κ1) is 23.9. The minimum Gasteiger partial charge on any atom is -0.353 e. The summed E-state index contributed by atoms with van der Waals surface area (Å²) in [6.45, 7) is 6.50. The zero-order valence-corrected chi connectivity index (χ0v) is 16.9. The molecule has 0 saturated carbocycles. The molecule has 0 heterocycles. The molecular weight excluding hydrogens is 306 g/mol. The normalized spacial score (nSPS) is 11.1. The maximum atomic E-state index is 11.0. The molecule has 2 heteroatoms. The summed E-state index contributed by atoms with van der Waals surface area (Å²) in [7, 11) is 0. The van der Waals surface area contributed by atoms with Crippen molar-refractivity contribution in [3.8, 4) is 0 Å². The number of allylic oxidation sites excluding steroid dienone is 2. The van der Waals surface area contributed by atoms with Gasteiger partial charge in [-0.1, -0.05) is 96.3 Å². The third-order valence-corrected chi connectivity index (χ3v) is 4.67. The van der Waals surface area contributed by atoms with E-state index in [1.54, 1.807) is 0 Å². The number of rotatable bonds is 19. The predicted molar refractivity (Wildman–Crippen MR) is 112 cm³/mol. The Labute approximate surface area is 157 Å². The standard InChI is InChI=1S/C23H43NO/c1-3-5-6-7-8-9-10-11-12-13-14-15-16-17-18-19-20-21-22-24-23(25)4-2/h4,14-15H,2-3,5-13,16-22H2,1H3,(H,24,25)/b15-14+. The summed E-state index contributed by atoms with van der Waals surface area (Å²) in [5.41, 5.74) is 0. The number of amides is 1. The van der Waals surface area contributed by atoms with Crippen molar-refractivity contribution in [1.82, 2.24) is 5.32 Å². The summed E-state index contributed by atoms with van der Waals surface area (Å²) in [5, 5.41) is 2.82. The maximum absolute atomic E-state index is 11.0. The molecule has 146 valence electrons. The fraction of sp³-hybridized carbons (Fsp3) is 0.783. The van der Waals surface area contributed by atoms with E-state index in [-0.39, 0.29) is 5.91 Å². The lowest BCUT2D eigenvalue weighted by molar-refractivity contribution is -0.116. The monoisotopic (exact) mass is 349 g/mol. The number of carbonyl (C=O) groups excluding carboxylic acids is 1. The first-order chi connectivity index (χ1) is 12.3. The highest BCUT2D eigenvalue weighted by Gasteiger charge is 1.94. The van der Waals surface area contributed by atoms with Gasteiger partial charge in [0.15, 0.2) is 0 Å². The minimum absolute atomic E-state index is 0.0582. The van der Waals surface area contributed by atoms with Gasteiger partial charge in [-0.05, 0) is 38.2 Å². The Morgan fingerprint density at radius 1 is 0.720 bits per heavy atom. The van der Waals surface area contributed by atoms with Gasteiger partial charge in [-0.25, -0.2) is 0 Å². The molecule has 2 nitrogen and oxygen atoms in total. The highest BCUT2D eigenvalue weighted by atomic mass is 16.1. The number of nitrogens with one attached hydrogen (secondary N) is 1. The third kappa shape index (κ3) is 20.9. The van der Waals surface area contributed by atoms with E-state index in [9.17, 15) is 4.79 Å². The predicted octanol–water partition coefficient (Wildman–Crippen LogP) is 7.11. The van der Waals surface area contributed by atoms with Crippen LogP contribution in [-0.4, -0.2) is 12.5 Å². The van der Waals surface area contributed by atoms with Gasteiger partial charge in [0.05, 0.1) is 0 Å². The molecule has 0 unspecified atom stereocenters. The average Bonchev–Trinajstić information content (AvgIpc) is 2.63. The van der Waals surface area contributed by atoms with Gasteiger partial charge in [0.25, 0.3) is 0 Å². The molecule has 0 aliphatic carbocycles. The van der Waals surface area contributed by atoms with Crippen molar-refractivity contribution in [2.24, 2.45) is 0 Å². The fourth-order valence-electron chi connectivity index (χ4n) is 3.01. The summed E-state index contributed by atoms with van der Waals surface area (Å²) < 4.78 is 0. The van der Waals surface area contributed by atoms with Crippen LogP contribution in [0.5, 0.6) is 0 Å². The Morgan fingerprint density at radius 3 is 1.64 bits per heavy atom. The van der Waals surface area contributed by atoms with Gasteiger partial charge < -0.3 is 5.32 Å². The van der Waals surface area contributed by atoms with Crippen LogP contribution in [0.3, 0.4) is 0 Å². The molecule has 0 aliphatic rings. The number of hydrogen-bond acceptors (Lipinski definition) is 1. The first-order valence-corrected chi connectivity index (χ1v) is 10.9. The van der Waals surface area contributed by atoms with Crippen LogP contribution in [0, 0.1) is 0 Å². The van der Waals surface area contributed by atoms with Crippen LogP contribution in [0.4, 0.5) is 0 Å². The second-order valence-corrected chi connectivity index (χ2v) is 7.14. The SMILES string of the molecule is C=CC(=O)NCCCCCCC/C=C/CCCCCCCCCCC. The Hall–Kier alpha value is -1.05. The Balaban J connectivity index is 3.11. The molecule has 0 saturated heterocycles. The van der Waals surface area contributed by atoms with Gasteiger partial charge in [-0.15, -0.1) is 0 Å². The van der Waals surface area contributed by atoms with Crippen molar-refractivity contribution in [1.29, 1.82) is 0 Å². The molecule has 1 N–H and O–H groups in total. The van der Waals surface area contributed by atoms with Gasteiger partial charge in [0.2, 0.25) is 5.91 Å². The molecule has 0 radical (unpaired) electrons. The van der Waals surface area contributed by atoms with Crippen molar-refractivity contribution in [2.75, 3.05) is 6.54 Å². The molecule has 0 fully saturated rings. The molecule has 0 bridgehead atoms. The van der Waals surface area contributed by atoms with E-state index in [0.29, 0.717) is 0 Å². The lowest BCUT2D eigenvalue weighted by Crippen LogP contribution is -2.21. The fourth-order valence-corrected chi connectivity index (χ4v) is 3.01. The molecular formula is C23H43NO. The van der Waals surface area contributed by atoms with E-state index in [4.69, 9.17) is 0 Å². The van der Waals surface area contributed by atoms with Crippen molar-refractivity contribution >= 4 is 5.91 Å². The van der Waals surface area contributed by atoms with Crippen LogP contribution in [0.15, 0.2) is 24.8 Å². The summed E-state index contributed by atoms with van der Waals surface area (Å²) >= 11 is 0. The van der Waals surface area contributed by atoms with E-state index >= 15 is 0 Å². The zero-order chi connectivity index (χ0) is 18.4. The molecule has 0 aliphatic heterocycles.